The fourth-order valence-electron chi connectivity index (χ4n) is 4.53. The second-order valence-electron chi connectivity index (χ2n) is 9.40. The molecule has 0 aromatic heterocycles. The number of benzene rings is 2. The molecule has 1 N–H and O–H groups in total. The van der Waals surface area contributed by atoms with Crippen LogP contribution in [0.5, 0.6) is 5.75 Å². The average molecular weight is 498 g/mol. The summed E-state index contributed by atoms with van der Waals surface area (Å²) in [6.45, 7) is 8.58. The van der Waals surface area contributed by atoms with Gasteiger partial charge in [-0.3, -0.25) is 9.63 Å². The summed E-state index contributed by atoms with van der Waals surface area (Å²) in [6.07, 6.45) is 2.88. The number of nitrogens with one attached hydrogen (secondary N) is 1. The summed E-state index contributed by atoms with van der Waals surface area (Å²) >= 11 is 0. The van der Waals surface area contributed by atoms with E-state index in [1.165, 1.54) is 7.11 Å². The van der Waals surface area contributed by atoms with Crippen molar-refractivity contribution in [1.82, 2.24) is 15.3 Å². The lowest BCUT2D eigenvalue weighted by molar-refractivity contribution is -0.201. The largest absolute Gasteiger partial charge is 0.494 e. The van der Waals surface area contributed by atoms with Gasteiger partial charge in [0.2, 0.25) is 6.41 Å². The number of hydroxylamine groups is 2. The molecular formula is C28H39N3O5. The van der Waals surface area contributed by atoms with E-state index in [1.807, 2.05) is 54.6 Å². The number of esters is 1. The van der Waals surface area contributed by atoms with E-state index < -0.39 is 12.0 Å². The van der Waals surface area contributed by atoms with E-state index in [9.17, 15) is 9.59 Å². The number of piperazine rings is 1. The Balaban J connectivity index is 1.45. The third-order valence-electron chi connectivity index (χ3n) is 6.23. The van der Waals surface area contributed by atoms with Crippen LogP contribution in [0.1, 0.15) is 37.8 Å². The van der Waals surface area contributed by atoms with Gasteiger partial charge >= 0.3 is 5.97 Å². The molecule has 3 atom stereocenters. The topological polar surface area (TPSA) is 80.3 Å². The van der Waals surface area contributed by atoms with E-state index in [-0.39, 0.29) is 13.0 Å². The summed E-state index contributed by atoms with van der Waals surface area (Å²) < 4.78 is 10.8. The van der Waals surface area contributed by atoms with Crippen LogP contribution in [0.4, 0.5) is 0 Å². The van der Waals surface area contributed by atoms with Gasteiger partial charge in [-0.2, -0.15) is 0 Å². The molecule has 0 aliphatic carbocycles. The maximum Gasteiger partial charge on any atom is 0.331 e. The van der Waals surface area contributed by atoms with Crippen LogP contribution >= 0.6 is 0 Å². The Morgan fingerprint density at radius 3 is 2.39 bits per heavy atom. The summed E-state index contributed by atoms with van der Waals surface area (Å²) in [5, 5.41) is 4.59. The van der Waals surface area contributed by atoms with Crippen molar-refractivity contribution in [3.05, 3.63) is 65.7 Å². The Hall–Kier alpha value is -2.94. The third-order valence-corrected chi connectivity index (χ3v) is 6.23. The predicted molar refractivity (Wildman–Crippen MR) is 138 cm³/mol. The number of nitrogens with zero attached hydrogens (tertiary/aromatic N) is 2. The van der Waals surface area contributed by atoms with Crippen molar-refractivity contribution in [1.29, 1.82) is 0 Å². The summed E-state index contributed by atoms with van der Waals surface area (Å²) in [5.74, 6) is 0.245. The lowest BCUT2D eigenvalue weighted by Gasteiger charge is -2.36. The van der Waals surface area contributed by atoms with Crippen LogP contribution in [0, 0.1) is 0 Å². The van der Waals surface area contributed by atoms with Crippen molar-refractivity contribution in [2.45, 2.75) is 57.8 Å². The number of carbonyl (C=O) groups is 2. The highest BCUT2D eigenvalue weighted by atomic mass is 16.7. The molecule has 8 nitrogen and oxygen atoms in total. The number of amides is 1. The minimum atomic E-state index is -0.890. The SMILES string of the molecule is COC(=O)C(Cc1ccc(OCCCCN2CC(C)NC(C)C2)cc1)N(C=O)OCc1ccccc1. The molecule has 0 saturated carbocycles. The van der Waals surface area contributed by atoms with Crippen LogP contribution in [0.25, 0.3) is 0 Å². The van der Waals surface area contributed by atoms with E-state index in [0.29, 0.717) is 25.1 Å². The molecule has 2 aromatic carbocycles. The van der Waals surface area contributed by atoms with Gasteiger partial charge in [-0.1, -0.05) is 42.5 Å². The molecule has 0 radical (unpaired) electrons. The molecule has 8 heteroatoms. The highest BCUT2D eigenvalue weighted by Gasteiger charge is 2.27. The first-order valence-corrected chi connectivity index (χ1v) is 12.7. The Morgan fingerprint density at radius 1 is 1.06 bits per heavy atom. The number of rotatable bonds is 14. The molecule has 0 spiro atoms. The van der Waals surface area contributed by atoms with Crippen molar-refractivity contribution in [2.75, 3.05) is 33.4 Å². The second-order valence-corrected chi connectivity index (χ2v) is 9.40. The van der Waals surface area contributed by atoms with Crippen LogP contribution in [0.2, 0.25) is 0 Å². The molecule has 2 aromatic rings. The highest BCUT2D eigenvalue weighted by Crippen LogP contribution is 2.17. The molecule has 1 amide bonds. The Labute approximate surface area is 214 Å². The first-order chi connectivity index (χ1) is 17.5. The van der Waals surface area contributed by atoms with Crippen molar-refractivity contribution in [3.8, 4) is 5.75 Å². The number of carbonyl (C=O) groups excluding carboxylic acids is 2. The second kappa shape index (κ2) is 14.6. The van der Waals surface area contributed by atoms with E-state index in [1.54, 1.807) is 0 Å². The van der Waals surface area contributed by atoms with Crippen LogP contribution in [-0.2, 0) is 32.2 Å². The zero-order valence-electron chi connectivity index (χ0n) is 21.6. The van der Waals surface area contributed by atoms with E-state index in [4.69, 9.17) is 14.3 Å². The van der Waals surface area contributed by atoms with Gasteiger partial charge in [-0.15, -0.1) is 0 Å². The molecule has 1 fully saturated rings. The number of ether oxygens (including phenoxy) is 2. The number of hydrogen-bond donors (Lipinski definition) is 1. The maximum absolute atomic E-state index is 12.4. The fourth-order valence-corrected chi connectivity index (χ4v) is 4.53. The fraction of sp³-hybridized carbons (Fsp3) is 0.500. The lowest BCUT2D eigenvalue weighted by Crippen LogP contribution is -2.54. The van der Waals surface area contributed by atoms with Crippen LogP contribution < -0.4 is 10.1 Å². The molecule has 1 aliphatic heterocycles. The third kappa shape index (κ3) is 8.93. The van der Waals surface area contributed by atoms with Gasteiger partial charge in [0.05, 0.1) is 13.7 Å². The molecule has 196 valence electrons. The van der Waals surface area contributed by atoms with Gasteiger partial charge in [0.1, 0.15) is 12.4 Å². The van der Waals surface area contributed by atoms with E-state index >= 15 is 0 Å². The Bertz CT molecular complexity index is 915. The van der Waals surface area contributed by atoms with Gasteiger partial charge in [0, 0.05) is 31.6 Å². The van der Waals surface area contributed by atoms with Gasteiger partial charge in [-0.25, -0.2) is 9.86 Å². The molecular weight excluding hydrogens is 458 g/mol. The quantitative estimate of drug-likeness (QED) is 0.186. The van der Waals surface area contributed by atoms with Crippen molar-refractivity contribution in [3.63, 3.8) is 0 Å². The minimum Gasteiger partial charge on any atom is -0.494 e. The highest BCUT2D eigenvalue weighted by molar-refractivity contribution is 5.78. The minimum absolute atomic E-state index is 0.173. The van der Waals surface area contributed by atoms with E-state index in [0.717, 1.165) is 54.4 Å². The molecule has 1 saturated heterocycles. The van der Waals surface area contributed by atoms with E-state index in [2.05, 4.69) is 24.1 Å². The first kappa shape index (κ1) is 27.6. The monoisotopic (exact) mass is 497 g/mol. The number of unbranched alkanes of at least 4 members (excludes halogenated alkanes) is 1. The number of methoxy groups -OCH3 is 1. The van der Waals surface area contributed by atoms with Crippen LogP contribution in [-0.4, -0.2) is 73.8 Å². The standard InChI is InChI=1S/C28H39N3O5/c1-22-18-30(19-23(2)29-22)15-7-8-16-35-26-13-11-24(12-14-26)17-27(28(33)34-3)31(21-32)36-20-25-9-5-4-6-10-25/h4-6,9-14,21-23,27,29H,7-8,15-20H2,1-3H3. The summed E-state index contributed by atoms with van der Waals surface area (Å²) in [7, 11) is 1.30. The average Bonchev–Trinajstić information content (AvgIpc) is 2.88. The lowest BCUT2D eigenvalue weighted by atomic mass is 10.1. The van der Waals surface area contributed by atoms with Crippen LogP contribution in [0.15, 0.2) is 54.6 Å². The van der Waals surface area contributed by atoms with Crippen molar-refractivity contribution in [2.24, 2.45) is 0 Å². The molecule has 1 heterocycles. The molecule has 36 heavy (non-hydrogen) atoms. The summed E-state index contributed by atoms with van der Waals surface area (Å²) in [4.78, 5) is 32.3. The van der Waals surface area contributed by atoms with Crippen molar-refractivity contribution >= 4 is 12.4 Å². The van der Waals surface area contributed by atoms with Gasteiger partial charge in [0.15, 0.2) is 6.04 Å². The van der Waals surface area contributed by atoms with Crippen LogP contribution in [0.3, 0.4) is 0 Å². The van der Waals surface area contributed by atoms with Gasteiger partial charge in [-0.05, 0) is 56.5 Å². The smallest absolute Gasteiger partial charge is 0.331 e. The molecule has 0 bridgehead atoms. The zero-order chi connectivity index (χ0) is 25.8. The van der Waals surface area contributed by atoms with Gasteiger partial charge < -0.3 is 19.7 Å². The summed E-state index contributed by atoms with van der Waals surface area (Å²) in [5.41, 5.74) is 1.77. The maximum atomic E-state index is 12.4. The Kier molecular flexibility index (Phi) is 11.2. The van der Waals surface area contributed by atoms with Crippen molar-refractivity contribution < 1.29 is 23.9 Å². The number of hydrogen-bond acceptors (Lipinski definition) is 7. The van der Waals surface area contributed by atoms with Gasteiger partial charge in [0.25, 0.3) is 0 Å². The molecule has 1 aliphatic rings. The normalized spacial score (nSPS) is 18.9. The zero-order valence-corrected chi connectivity index (χ0v) is 21.6. The molecule has 3 unspecified atom stereocenters. The first-order valence-electron chi connectivity index (χ1n) is 12.7. The molecule has 3 rings (SSSR count). The summed E-state index contributed by atoms with van der Waals surface area (Å²) in [6, 6.07) is 17.2. The Morgan fingerprint density at radius 2 is 1.75 bits per heavy atom. The predicted octanol–water partition coefficient (Wildman–Crippen LogP) is 3.20.